The molecule has 0 saturated carbocycles. The van der Waals surface area contributed by atoms with Crippen LogP contribution < -0.4 is 5.19 Å². The van der Waals surface area contributed by atoms with Gasteiger partial charge in [-0.2, -0.15) is 0 Å². The van der Waals surface area contributed by atoms with Gasteiger partial charge in [-0.15, -0.1) is 11.6 Å². The predicted octanol–water partition coefficient (Wildman–Crippen LogP) is 0.523. The van der Waals surface area contributed by atoms with E-state index in [0.29, 0.717) is 26.1 Å². The van der Waals surface area contributed by atoms with Crippen LogP contribution >= 0.6 is 11.6 Å². The third kappa shape index (κ3) is 1.47. The fourth-order valence-electron chi connectivity index (χ4n) is 1.27. The minimum Gasteiger partial charge on any atom is -0.386 e. The standard InChI is InChI=1S/C9H5ClO3Si/c10-4-14-5-1-2-6-7(3-5)9(12)13-8(6)11/h1-3H,4H2. The van der Waals surface area contributed by atoms with E-state index in [1.54, 1.807) is 18.2 Å². The lowest BCUT2D eigenvalue weighted by molar-refractivity contribution is 0.0444. The van der Waals surface area contributed by atoms with E-state index in [4.69, 9.17) is 11.6 Å². The van der Waals surface area contributed by atoms with Gasteiger partial charge in [-0.05, 0) is 12.1 Å². The van der Waals surface area contributed by atoms with Crippen LogP contribution in [0.15, 0.2) is 18.2 Å². The van der Waals surface area contributed by atoms with Crippen LogP contribution in [0.1, 0.15) is 20.7 Å². The van der Waals surface area contributed by atoms with Gasteiger partial charge in [0.25, 0.3) is 0 Å². The first-order valence-corrected chi connectivity index (χ1v) is 5.67. The maximum Gasteiger partial charge on any atom is 0.346 e. The normalized spacial score (nSPS) is 14.1. The zero-order valence-corrected chi connectivity index (χ0v) is 8.80. The lowest BCUT2D eigenvalue weighted by atomic mass is 10.1. The van der Waals surface area contributed by atoms with Gasteiger partial charge in [-0.3, -0.25) is 0 Å². The van der Waals surface area contributed by atoms with Crippen molar-refractivity contribution in [2.45, 2.75) is 0 Å². The molecule has 0 aliphatic carbocycles. The molecular formula is C9H5ClO3Si. The largest absolute Gasteiger partial charge is 0.386 e. The van der Waals surface area contributed by atoms with E-state index >= 15 is 0 Å². The summed E-state index contributed by atoms with van der Waals surface area (Å²) in [4.78, 5) is 22.2. The molecule has 5 heteroatoms. The van der Waals surface area contributed by atoms with Gasteiger partial charge in [0.15, 0.2) is 0 Å². The van der Waals surface area contributed by atoms with E-state index in [9.17, 15) is 9.59 Å². The molecule has 0 unspecified atom stereocenters. The molecule has 0 amide bonds. The van der Waals surface area contributed by atoms with Crippen molar-refractivity contribution in [3.63, 3.8) is 0 Å². The number of hydrogen-bond donors (Lipinski definition) is 0. The van der Waals surface area contributed by atoms with E-state index in [0.717, 1.165) is 5.19 Å². The zero-order chi connectivity index (χ0) is 10.1. The number of hydrogen-bond acceptors (Lipinski definition) is 3. The molecule has 1 aromatic rings. The number of carbonyl (C=O) groups excluding carboxylic acids is 2. The molecule has 70 valence electrons. The van der Waals surface area contributed by atoms with Crippen molar-refractivity contribution in [3.8, 4) is 0 Å². The lowest BCUT2D eigenvalue weighted by Gasteiger charge is -1.97. The van der Waals surface area contributed by atoms with Gasteiger partial charge in [-0.1, -0.05) is 11.3 Å². The Morgan fingerprint density at radius 2 is 1.93 bits per heavy atom. The molecule has 2 radical (unpaired) electrons. The molecule has 0 N–H and O–H groups in total. The summed E-state index contributed by atoms with van der Waals surface area (Å²) in [5.41, 5.74) is 1.21. The zero-order valence-electron chi connectivity index (χ0n) is 7.04. The van der Waals surface area contributed by atoms with Crippen LogP contribution in [0.3, 0.4) is 0 Å². The highest BCUT2D eigenvalue weighted by Gasteiger charge is 2.29. The maximum absolute atomic E-state index is 11.2. The summed E-state index contributed by atoms with van der Waals surface area (Å²) in [5, 5.41) is 0.963. The first kappa shape index (κ1) is 9.42. The van der Waals surface area contributed by atoms with Crippen LogP contribution in [-0.4, -0.2) is 27.0 Å². The van der Waals surface area contributed by atoms with Gasteiger partial charge in [0.1, 0.15) is 0 Å². The summed E-state index contributed by atoms with van der Waals surface area (Å²) in [5.74, 6) is -1.13. The molecule has 14 heavy (non-hydrogen) atoms. The van der Waals surface area contributed by atoms with Gasteiger partial charge < -0.3 is 4.74 Å². The van der Waals surface area contributed by atoms with E-state index in [-0.39, 0.29) is 0 Å². The molecule has 1 aromatic carbocycles. The highest BCUT2D eigenvalue weighted by Crippen LogP contribution is 2.17. The summed E-state index contributed by atoms with van der Waals surface area (Å²) in [7, 11) is 0.439. The highest BCUT2D eigenvalue weighted by molar-refractivity contribution is 6.62. The molecule has 1 heterocycles. The maximum atomic E-state index is 11.2. The molecule has 0 atom stereocenters. The molecule has 2 rings (SSSR count). The molecule has 0 fully saturated rings. The number of halogens is 1. The predicted molar refractivity (Wildman–Crippen MR) is 52.3 cm³/mol. The van der Waals surface area contributed by atoms with Crippen molar-refractivity contribution in [1.29, 1.82) is 0 Å². The van der Waals surface area contributed by atoms with Crippen LogP contribution in [0.2, 0.25) is 0 Å². The number of ether oxygens (including phenoxy) is 1. The number of esters is 2. The Bertz CT molecular complexity index is 417. The SMILES string of the molecule is O=C1OC(=O)c2cc([Si]CCl)ccc21. The second-order valence-electron chi connectivity index (χ2n) is 2.75. The van der Waals surface area contributed by atoms with E-state index in [2.05, 4.69) is 4.74 Å². The van der Waals surface area contributed by atoms with Crippen LogP contribution in [0.4, 0.5) is 0 Å². The number of alkyl halides is 1. The summed E-state index contributed by atoms with van der Waals surface area (Å²) in [6.07, 6.45) is 0. The van der Waals surface area contributed by atoms with Crippen molar-refractivity contribution < 1.29 is 14.3 Å². The summed E-state index contributed by atoms with van der Waals surface area (Å²) in [6, 6.07) is 5.07. The van der Waals surface area contributed by atoms with Crippen molar-refractivity contribution in [2.24, 2.45) is 0 Å². The third-order valence-corrected chi connectivity index (χ3v) is 3.17. The monoisotopic (exact) mass is 224 g/mol. The van der Waals surface area contributed by atoms with Gasteiger partial charge in [0.05, 0.1) is 20.6 Å². The average Bonchev–Trinajstić information content (AvgIpc) is 2.43. The van der Waals surface area contributed by atoms with Crippen molar-refractivity contribution in [2.75, 3.05) is 5.50 Å². The Kier molecular flexibility index (Phi) is 2.39. The third-order valence-electron chi connectivity index (χ3n) is 1.92. The number of rotatable bonds is 2. The minimum absolute atomic E-state index is 0.345. The van der Waals surface area contributed by atoms with E-state index < -0.39 is 11.9 Å². The Morgan fingerprint density at radius 3 is 2.64 bits per heavy atom. The molecule has 3 nitrogen and oxygen atoms in total. The Hall–Kier alpha value is -1.13. The fourth-order valence-corrected chi connectivity index (χ4v) is 2.34. The van der Waals surface area contributed by atoms with Crippen LogP contribution in [0.25, 0.3) is 0 Å². The number of carbonyl (C=O) groups is 2. The second kappa shape index (κ2) is 3.55. The lowest BCUT2D eigenvalue weighted by Crippen LogP contribution is -2.16. The fraction of sp³-hybridized carbons (Fsp3) is 0.111. The molecule has 0 aromatic heterocycles. The summed E-state index contributed by atoms with van der Waals surface area (Å²) < 4.78 is 4.46. The Labute approximate surface area is 87.8 Å². The first-order chi connectivity index (χ1) is 6.72. The van der Waals surface area contributed by atoms with E-state index in [1.807, 2.05) is 0 Å². The van der Waals surface area contributed by atoms with Gasteiger partial charge in [0, 0.05) is 5.50 Å². The minimum atomic E-state index is -0.564. The first-order valence-electron chi connectivity index (χ1n) is 3.93. The van der Waals surface area contributed by atoms with Crippen molar-refractivity contribution >= 4 is 38.2 Å². The van der Waals surface area contributed by atoms with Gasteiger partial charge >= 0.3 is 11.9 Å². The number of fused-ring (bicyclic) bond motifs is 1. The molecule has 0 spiro atoms. The number of benzene rings is 1. The molecule has 0 saturated heterocycles. The van der Waals surface area contributed by atoms with Crippen LogP contribution in [0, 0.1) is 0 Å². The second-order valence-corrected chi connectivity index (χ2v) is 4.75. The smallest absolute Gasteiger partial charge is 0.346 e. The number of cyclic esters (lactones) is 2. The van der Waals surface area contributed by atoms with Gasteiger partial charge in [0.2, 0.25) is 0 Å². The van der Waals surface area contributed by atoms with Crippen LogP contribution in [0.5, 0.6) is 0 Å². The topological polar surface area (TPSA) is 43.4 Å². The van der Waals surface area contributed by atoms with Crippen molar-refractivity contribution in [1.82, 2.24) is 0 Å². The Balaban J connectivity index is 2.44. The summed E-state index contributed by atoms with van der Waals surface area (Å²) in [6.45, 7) is 0. The quantitative estimate of drug-likeness (QED) is 0.319. The summed E-state index contributed by atoms with van der Waals surface area (Å²) >= 11 is 5.58. The van der Waals surface area contributed by atoms with Crippen molar-refractivity contribution in [3.05, 3.63) is 29.3 Å². The van der Waals surface area contributed by atoms with Gasteiger partial charge in [-0.25, -0.2) is 9.59 Å². The Morgan fingerprint density at radius 1 is 1.21 bits per heavy atom. The molecule has 1 aliphatic rings. The molecule has 1 aliphatic heterocycles. The molecule has 0 bridgehead atoms. The van der Waals surface area contributed by atoms with Crippen LogP contribution in [-0.2, 0) is 4.74 Å². The molecular weight excluding hydrogens is 220 g/mol. The van der Waals surface area contributed by atoms with E-state index in [1.165, 1.54) is 0 Å². The average molecular weight is 225 g/mol. The highest BCUT2D eigenvalue weighted by atomic mass is 35.5.